The van der Waals surface area contributed by atoms with Crippen molar-refractivity contribution in [3.63, 3.8) is 0 Å². The molecule has 0 aliphatic heterocycles. The van der Waals surface area contributed by atoms with Crippen LogP contribution < -0.4 is 0 Å². The summed E-state index contributed by atoms with van der Waals surface area (Å²) in [6.45, 7) is 6.06. The molecule has 3 nitrogen and oxygen atoms in total. The number of nitrogens with zero attached hydrogens (tertiary/aromatic N) is 2. The highest BCUT2D eigenvalue weighted by Gasteiger charge is 2.10. The molecular formula is C25H24N2OS. The molecule has 2 aromatic carbocycles. The van der Waals surface area contributed by atoms with E-state index in [0.717, 1.165) is 27.5 Å². The van der Waals surface area contributed by atoms with Crippen LogP contribution >= 0.6 is 11.3 Å². The molecule has 1 atom stereocenters. The van der Waals surface area contributed by atoms with Crippen LogP contribution in [0.3, 0.4) is 0 Å². The second kappa shape index (κ2) is 8.27. The highest BCUT2D eigenvalue weighted by atomic mass is 32.1. The predicted octanol–water partition coefficient (Wildman–Crippen LogP) is 6.13. The van der Waals surface area contributed by atoms with Crippen molar-refractivity contribution in [2.24, 2.45) is 0 Å². The zero-order chi connectivity index (χ0) is 20.4. The van der Waals surface area contributed by atoms with E-state index in [0.29, 0.717) is 6.42 Å². The van der Waals surface area contributed by atoms with Crippen LogP contribution in [0.5, 0.6) is 0 Å². The number of benzene rings is 2. The van der Waals surface area contributed by atoms with E-state index >= 15 is 0 Å². The fourth-order valence-electron chi connectivity index (χ4n) is 3.39. The van der Waals surface area contributed by atoms with Crippen LogP contribution in [0.15, 0.2) is 66.9 Å². The molecule has 146 valence electrons. The largest absolute Gasteiger partial charge is 0.389 e. The molecule has 0 saturated heterocycles. The van der Waals surface area contributed by atoms with Crippen molar-refractivity contribution in [3.8, 4) is 21.0 Å². The van der Waals surface area contributed by atoms with Crippen molar-refractivity contribution < 1.29 is 5.11 Å². The van der Waals surface area contributed by atoms with E-state index in [1.807, 2.05) is 36.5 Å². The van der Waals surface area contributed by atoms with Crippen LogP contribution in [-0.2, 0) is 6.42 Å². The Bertz CT molecular complexity index is 1150. The van der Waals surface area contributed by atoms with Crippen LogP contribution in [0, 0.1) is 13.8 Å². The molecule has 29 heavy (non-hydrogen) atoms. The number of hydrogen-bond donors (Lipinski definition) is 1. The number of aliphatic hydroxyl groups is 1. The molecule has 1 unspecified atom stereocenters. The third-order valence-electron chi connectivity index (χ3n) is 5.02. The molecule has 0 saturated carbocycles. The maximum atomic E-state index is 9.81. The van der Waals surface area contributed by atoms with Crippen LogP contribution in [0.25, 0.3) is 21.0 Å². The van der Waals surface area contributed by atoms with Crippen molar-refractivity contribution in [2.45, 2.75) is 33.3 Å². The van der Waals surface area contributed by atoms with Gasteiger partial charge in [0.2, 0.25) is 0 Å². The van der Waals surface area contributed by atoms with Gasteiger partial charge in [-0.2, -0.15) is 0 Å². The molecule has 4 aromatic rings. The molecule has 0 fully saturated rings. The minimum Gasteiger partial charge on any atom is -0.389 e. The van der Waals surface area contributed by atoms with Crippen LogP contribution in [0.4, 0.5) is 0 Å². The zero-order valence-corrected chi connectivity index (χ0v) is 17.7. The van der Waals surface area contributed by atoms with E-state index in [2.05, 4.69) is 49.2 Å². The third-order valence-corrected chi connectivity index (χ3v) is 6.16. The Morgan fingerprint density at radius 2 is 1.79 bits per heavy atom. The Hall–Kier alpha value is -2.82. The van der Waals surface area contributed by atoms with Gasteiger partial charge >= 0.3 is 0 Å². The summed E-state index contributed by atoms with van der Waals surface area (Å²) in [5.74, 6) is 0.784. The molecule has 0 bridgehead atoms. The lowest BCUT2D eigenvalue weighted by atomic mass is 10.0. The summed E-state index contributed by atoms with van der Waals surface area (Å²) in [6, 6.07) is 20.8. The van der Waals surface area contributed by atoms with Gasteiger partial charge in [0.1, 0.15) is 5.82 Å². The maximum absolute atomic E-state index is 9.81. The minimum absolute atomic E-state index is 0.475. The van der Waals surface area contributed by atoms with E-state index in [4.69, 9.17) is 4.98 Å². The molecule has 1 N–H and O–H groups in total. The van der Waals surface area contributed by atoms with Gasteiger partial charge in [0, 0.05) is 17.5 Å². The van der Waals surface area contributed by atoms with Crippen molar-refractivity contribution in [3.05, 3.63) is 94.9 Å². The van der Waals surface area contributed by atoms with Gasteiger partial charge in [-0.3, -0.25) is 0 Å². The second-order valence-corrected chi connectivity index (χ2v) is 8.52. The minimum atomic E-state index is -0.475. The number of hydrogen-bond acceptors (Lipinski definition) is 4. The first-order valence-electron chi connectivity index (χ1n) is 9.76. The maximum Gasteiger partial charge on any atom is 0.133 e. The highest BCUT2D eigenvalue weighted by molar-refractivity contribution is 7.18. The average Bonchev–Trinajstić information content (AvgIpc) is 3.20. The molecule has 2 heterocycles. The van der Waals surface area contributed by atoms with Crippen molar-refractivity contribution >= 4 is 11.3 Å². The SMILES string of the molecule is Cc1ccc(C)c(-c2ccc(-c3ccnc(Cc4cccc(C(C)O)c4)n3)s2)c1. The van der Waals surface area contributed by atoms with E-state index in [-0.39, 0.29) is 0 Å². The van der Waals surface area contributed by atoms with Crippen molar-refractivity contribution in [1.29, 1.82) is 0 Å². The van der Waals surface area contributed by atoms with Gasteiger partial charge in [-0.25, -0.2) is 9.97 Å². The molecule has 0 amide bonds. The van der Waals surface area contributed by atoms with E-state index < -0.39 is 6.10 Å². The number of aliphatic hydroxyl groups excluding tert-OH is 1. The monoisotopic (exact) mass is 400 g/mol. The summed E-state index contributed by atoms with van der Waals surface area (Å²) < 4.78 is 0. The summed E-state index contributed by atoms with van der Waals surface area (Å²) in [5.41, 5.74) is 6.79. The fraction of sp³-hybridized carbons (Fsp3) is 0.200. The van der Waals surface area contributed by atoms with Crippen molar-refractivity contribution in [1.82, 2.24) is 9.97 Å². The van der Waals surface area contributed by atoms with Gasteiger partial charge in [0.15, 0.2) is 0 Å². The summed E-state index contributed by atoms with van der Waals surface area (Å²) in [6.07, 6.45) is 1.99. The van der Waals surface area contributed by atoms with Gasteiger partial charge in [-0.1, -0.05) is 48.0 Å². The molecule has 0 aliphatic carbocycles. The number of thiophene rings is 1. The van der Waals surface area contributed by atoms with Crippen LogP contribution in [0.2, 0.25) is 0 Å². The third kappa shape index (κ3) is 4.44. The van der Waals surface area contributed by atoms with Gasteiger partial charge in [-0.05, 0) is 61.2 Å². The molecule has 4 heteroatoms. The Morgan fingerprint density at radius 3 is 2.62 bits per heavy atom. The lowest BCUT2D eigenvalue weighted by molar-refractivity contribution is 0.199. The van der Waals surface area contributed by atoms with E-state index in [1.165, 1.54) is 21.6 Å². The Labute approximate surface area is 175 Å². The smallest absolute Gasteiger partial charge is 0.133 e. The first kappa shape index (κ1) is 19.5. The van der Waals surface area contributed by atoms with Gasteiger partial charge in [0.05, 0.1) is 16.7 Å². The first-order chi connectivity index (χ1) is 14.0. The summed E-state index contributed by atoms with van der Waals surface area (Å²) >= 11 is 1.76. The van der Waals surface area contributed by atoms with Gasteiger partial charge in [-0.15, -0.1) is 11.3 Å². The van der Waals surface area contributed by atoms with Crippen LogP contribution in [-0.4, -0.2) is 15.1 Å². The lowest BCUT2D eigenvalue weighted by Crippen LogP contribution is -1.99. The van der Waals surface area contributed by atoms with Crippen LogP contribution in [0.1, 0.15) is 41.1 Å². The standard InChI is InChI=1S/C25H24N2OS/c1-16-7-8-17(2)21(13-16)23-9-10-24(29-23)22-11-12-26-25(27-22)15-19-5-4-6-20(14-19)18(3)28/h4-14,18,28H,15H2,1-3H3. The number of rotatable bonds is 5. The average molecular weight is 401 g/mol. The zero-order valence-electron chi connectivity index (χ0n) is 16.9. The lowest BCUT2D eigenvalue weighted by Gasteiger charge is -2.07. The summed E-state index contributed by atoms with van der Waals surface area (Å²) in [7, 11) is 0. The Kier molecular flexibility index (Phi) is 5.56. The fourth-order valence-corrected chi connectivity index (χ4v) is 4.45. The van der Waals surface area contributed by atoms with E-state index in [1.54, 1.807) is 18.3 Å². The normalized spacial score (nSPS) is 12.1. The Morgan fingerprint density at radius 1 is 0.966 bits per heavy atom. The van der Waals surface area contributed by atoms with Crippen molar-refractivity contribution in [2.75, 3.05) is 0 Å². The summed E-state index contributed by atoms with van der Waals surface area (Å²) in [5, 5.41) is 9.81. The second-order valence-electron chi connectivity index (χ2n) is 7.44. The van der Waals surface area contributed by atoms with Gasteiger partial charge in [0.25, 0.3) is 0 Å². The van der Waals surface area contributed by atoms with Gasteiger partial charge < -0.3 is 5.11 Å². The molecule has 0 aliphatic rings. The molecular weight excluding hydrogens is 376 g/mol. The van der Waals surface area contributed by atoms with E-state index in [9.17, 15) is 5.11 Å². The molecule has 0 radical (unpaired) electrons. The predicted molar refractivity (Wildman–Crippen MR) is 120 cm³/mol. The molecule has 4 rings (SSSR count). The first-order valence-corrected chi connectivity index (χ1v) is 10.6. The summed E-state index contributed by atoms with van der Waals surface area (Å²) in [4.78, 5) is 11.6. The molecule has 0 spiro atoms. The number of aromatic nitrogens is 2. The quantitative estimate of drug-likeness (QED) is 0.438. The topological polar surface area (TPSA) is 46.0 Å². The Balaban J connectivity index is 1.60. The number of aryl methyl sites for hydroxylation is 2. The highest BCUT2D eigenvalue weighted by Crippen LogP contribution is 2.35. The molecule has 2 aromatic heterocycles.